The summed E-state index contributed by atoms with van der Waals surface area (Å²) in [6, 6.07) is 18.1. The fourth-order valence-corrected chi connectivity index (χ4v) is 2.92. The first-order valence-corrected chi connectivity index (χ1v) is 7.80. The van der Waals surface area contributed by atoms with Crippen molar-refractivity contribution in [1.29, 1.82) is 0 Å². The Kier molecular flexibility index (Phi) is 3.70. The second-order valence-corrected chi connectivity index (χ2v) is 5.70. The molecule has 0 saturated carbocycles. The van der Waals surface area contributed by atoms with Gasteiger partial charge in [0.1, 0.15) is 0 Å². The number of amides is 2. The summed E-state index contributed by atoms with van der Waals surface area (Å²) in [6.45, 7) is 0. The molecule has 122 valence electrons. The number of carbonyl (C=O) groups is 2. The van der Waals surface area contributed by atoms with Crippen molar-refractivity contribution in [3.05, 3.63) is 60.2 Å². The normalized spacial score (nSPS) is 16.6. The van der Waals surface area contributed by atoms with E-state index in [-0.39, 0.29) is 0 Å². The van der Waals surface area contributed by atoms with Crippen LogP contribution in [-0.4, -0.2) is 24.2 Å². The zero-order valence-electron chi connectivity index (χ0n) is 13.1. The first kappa shape index (κ1) is 15.0. The van der Waals surface area contributed by atoms with Gasteiger partial charge < -0.3 is 0 Å². The molecule has 0 aliphatic carbocycles. The summed E-state index contributed by atoms with van der Waals surface area (Å²) in [5.74, 6) is -1.91. The molecule has 0 unspecified atom stereocenters. The van der Waals surface area contributed by atoms with Crippen LogP contribution in [-0.2, 0) is 9.59 Å². The number of rotatable bonds is 3. The Morgan fingerprint density at radius 3 is 2.32 bits per heavy atom. The van der Waals surface area contributed by atoms with E-state index in [4.69, 9.17) is 0 Å². The Labute approximate surface area is 143 Å². The molecule has 2 amide bonds. The van der Waals surface area contributed by atoms with Gasteiger partial charge in [-0.3, -0.25) is 9.59 Å². The van der Waals surface area contributed by atoms with E-state index >= 15 is 0 Å². The van der Waals surface area contributed by atoms with Crippen LogP contribution in [0.4, 0.5) is 0 Å². The highest BCUT2D eigenvalue weighted by Crippen LogP contribution is 2.27. The van der Waals surface area contributed by atoms with Gasteiger partial charge in [0.2, 0.25) is 0 Å². The summed E-state index contributed by atoms with van der Waals surface area (Å²) >= 11 is 0. The number of hydrogen-bond donors (Lipinski definition) is 2. The van der Waals surface area contributed by atoms with Gasteiger partial charge in [-0.25, -0.2) is 10.9 Å². The average molecular weight is 330 g/mol. The second-order valence-electron chi connectivity index (χ2n) is 5.70. The van der Waals surface area contributed by atoms with E-state index in [9.17, 15) is 9.59 Å². The van der Waals surface area contributed by atoms with Crippen LogP contribution >= 0.6 is 0 Å². The van der Waals surface area contributed by atoms with Crippen LogP contribution in [0.25, 0.3) is 21.5 Å². The lowest BCUT2D eigenvalue weighted by molar-refractivity contribution is -0.131. The van der Waals surface area contributed by atoms with Crippen LogP contribution in [0.2, 0.25) is 0 Å². The van der Waals surface area contributed by atoms with Crippen molar-refractivity contribution in [2.45, 2.75) is 0 Å². The topological polar surface area (TPSA) is 82.9 Å². The van der Waals surface area contributed by atoms with Crippen LogP contribution in [0.1, 0.15) is 5.56 Å². The van der Waals surface area contributed by atoms with Gasteiger partial charge in [-0.1, -0.05) is 48.5 Å². The lowest BCUT2D eigenvalue weighted by Crippen LogP contribution is -2.34. The van der Waals surface area contributed by atoms with Crippen molar-refractivity contribution in [3.63, 3.8) is 0 Å². The molecule has 0 fully saturated rings. The van der Waals surface area contributed by atoms with Crippen molar-refractivity contribution in [2.75, 3.05) is 0 Å². The van der Waals surface area contributed by atoms with Gasteiger partial charge in [-0.2, -0.15) is 10.2 Å². The monoisotopic (exact) mass is 330 g/mol. The van der Waals surface area contributed by atoms with E-state index in [0.29, 0.717) is 0 Å². The third-order valence-corrected chi connectivity index (χ3v) is 4.14. The summed E-state index contributed by atoms with van der Waals surface area (Å²) in [6.07, 6.45) is 2.88. The minimum atomic E-state index is -0.943. The molecule has 6 heteroatoms. The maximum Gasteiger partial charge on any atom is 0.258 e. The summed E-state index contributed by atoms with van der Waals surface area (Å²) in [7, 11) is 0. The molecule has 1 heterocycles. The number of hydrazone groups is 2. The third-order valence-electron chi connectivity index (χ3n) is 4.14. The predicted molar refractivity (Wildman–Crippen MR) is 97.3 cm³/mol. The molecule has 2 N–H and O–H groups in total. The highest BCUT2D eigenvalue weighted by Gasteiger charge is 2.28. The Balaban J connectivity index is 1.71. The maximum absolute atomic E-state index is 12.0. The lowest BCUT2D eigenvalue weighted by atomic mass is 9.97. The lowest BCUT2D eigenvalue weighted by Gasteiger charge is -2.08. The number of hydrogen-bond acceptors (Lipinski definition) is 4. The fourth-order valence-electron chi connectivity index (χ4n) is 2.92. The Bertz CT molecular complexity index is 1000. The summed E-state index contributed by atoms with van der Waals surface area (Å²) < 4.78 is 0. The number of carbonyl (C=O) groups excluding carboxylic acids is 2. The predicted octanol–water partition coefficient (Wildman–Crippen LogP) is 2.17. The molecule has 0 radical (unpaired) electrons. The second kappa shape index (κ2) is 6.16. The molecule has 1 atom stereocenters. The van der Waals surface area contributed by atoms with E-state index in [1.165, 1.54) is 6.21 Å². The zero-order valence-corrected chi connectivity index (χ0v) is 13.1. The minimum Gasteiger partial charge on any atom is -0.272 e. The van der Waals surface area contributed by atoms with Crippen LogP contribution in [0.3, 0.4) is 0 Å². The van der Waals surface area contributed by atoms with E-state index < -0.39 is 17.7 Å². The van der Waals surface area contributed by atoms with Crippen molar-refractivity contribution in [1.82, 2.24) is 10.9 Å². The molecule has 4 rings (SSSR count). The fraction of sp³-hybridized carbons (Fsp3) is 0.0526. The summed E-state index contributed by atoms with van der Waals surface area (Å²) in [5.41, 5.74) is 5.55. The van der Waals surface area contributed by atoms with Crippen molar-refractivity contribution < 1.29 is 9.59 Å². The quantitative estimate of drug-likeness (QED) is 0.334. The third kappa shape index (κ3) is 2.74. The van der Waals surface area contributed by atoms with Crippen LogP contribution in [0.15, 0.2) is 64.8 Å². The Morgan fingerprint density at radius 2 is 1.72 bits per heavy atom. The molecule has 1 aliphatic rings. The number of benzene rings is 3. The molecule has 25 heavy (non-hydrogen) atoms. The summed E-state index contributed by atoms with van der Waals surface area (Å²) in [5, 5.41) is 11.9. The molecule has 0 saturated heterocycles. The number of nitrogens with one attached hydrogen (secondary N) is 2. The van der Waals surface area contributed by atoms with Crippen LogP contribution < -0.4 is 10.9 Å². The molecule has 0 aromatic heterocycles. The molecular formula is C19H14N4O2. The standard InChI is InChI=1S/C19H14N4O2/c24-18(17-11-21-23-19(17)25)22-20-10-16-14-7-3-1-5-12(14)9-13-6-2-4-8-15(13)16/h1-11,17H,(H,22,24)(H,23,25)/b20-10-/t17-/m0/s1. The highest BCUT2D eigenvalue weighted by atomic mass is 16.2. The molecule has 3 aromatic carbocycles. The van der Waals surface area contributed by atoms with E-state index in [2.05, 4.69) is 27.1 Å². The van der Waals surface area contributed by atoms with E-state index in [1.54, 1.807) is 6.21 Å². The molecular weight excluding hydrogens is 316 g/mol. The van der Waals surface area contributed by atoms with E-state index in [0.717, 1.165) is 27.1 Å². The molecule has 3 aromatic rings. The van der Waals surface area contributed by atoms with Crippen LogP contribution in [0, 0.1) is 5.92 Å². The first-order chi connectivity index (χ1) is 12.2. The van der Waals surface area contributed by atoms with Crippen molar-refractivity contribution in [2.24, 2.45) is 16.1 Å². The van der Waals surface area contributed by atoms with Gasteiger partial charge in [-0.15, -0.1) is 0 Å². The number of fused-ring (bicyclic) bond motifs is 2. The number of nitrogens with zero attached hydrogens (tertiary/aromatic N) is 2. The van der Waals surface area contributed by atoms with Crippen LogP contribution in [0.5, 0.6) is 0 Å². The van der Waals surface area contributed by atoms with E-state index in [1.807, 2.05) is 48.5 Å². The van der Waals surface area contributed by atoms with Gasteiger partial charge in [0.15, 0.2) is 5.92 Å². The SMILES string of the molecule is O=C1NN=C[C@H]1C(=O)N/N=C\c1c2ccccc2cc2ccccc12. The molecule has 6 nitrogen and oxygen atoms in total. The first-order valence-electron chi connectivity index (χ1n) is 7.80. The van der Waals surface area contributed by atoms with Gasteiger partial charge in [0.05, 0.1) is 6.21 Å². The molecule has 0 bridgehead atoms. The highest BCUT2D eigenvalue weighted by molar-refractivity contribution is 6.16. The Morgan fingerprint density at radius 1 is 1.08 bits per heavy atom. The smallest absolute Gasteiger partial charge is 0.258 e. The maximum atomic E-state index is 12.0. The molecule has 1 aliphatic heterocycles. The minimum absolute atomic E-state index is 0.455. The average Bonchev–Trinajstić information content (AvgIpc) is 3.07. The Hall–Kier alpha value is -3.54. The van der Waals surface area contributed by atoms with Gasteiger partial charge in [0, 0.05) is 11.8 Å². The van der Waals surface area contributed by atoms with Gasteiger partial charge in [-0.05, 0) is 27.6 Å². The van der Waals surface area contributed by atoms with Crippen molar-refractivity contribution >= 4 is 45.8 Å². The summed E-state index contributed by atoms with van der Waals surface area (Å²) in [4.78, 5) is 23.4. The van der Waals surface area contributed by atoms with Gasteiger partial charge >= 0.3 is 0 Å². The molecule has 0 spiro atoms. The van der Waals surface area contributed by atoms with Gasteiger partial charge in [0.25, 0.3) is 11.8 Å². The largest absolute Gasteiger partial charge is 0.272 e. The van der Waals surface area contributed by atoms with Crippen molar-refractivity contribution in [3.8, 4) is 0 Å². The zero-order chi connectivity index (χ0) is 17.2.